The SMILES string of the molecule is CC(O)C(Br)(Br)CO. The second-order valence-electron chi connectivity index (χ2n) is 1.60. The molecule has 0 radical (unpaired) electrons. The summed E-state index contributed by atoms with van der Waals surface area (Å²) >= 11 is 6.12. The first-order valence-electron chi connectivity index (χ1n) is 2.17. The maximum Gasteiger partial charge on any atom is 0.129 e. The van der Waals surface area contributed by atoms with Crippen LogP contribution in [-0.4, -0.2) is 26.2 Å². The zero-order chi connectivity index (χ0) is 6.78. The highest BCUT2D eigenvalue weighted by molar-refractivity contribution is 9.25. The number of rotatable bonds is 2. The molecule has 0 spiro atoms. The van der Waals surface area contributed by atoms with E-state index in [9.17, 15) is 0 Å². The lowest BCUT2D eigenvalue weighted by molar-refractivity contribution is 0.148. The first kappa shape index (κ1) is 8.88. The average molecular weight is 248 g/mol. The Hall–Kier alpha value is 0.880. The van der Waals surface area contributed by atoms with Gasteiger partial charge in [0.05, 0.1) is 12.7 Å². The van der Waals surface area contributed by atoms with Crippen molar-refractivity contribution in [3.05, 3.63) is 0 Å². The lowest BCUT2D eigenvalue weighted by Crippen LogP contribution is -2.30. The van der Waals surface area contributed by atoms with Crippen LogP contribution in [0.2, 0.25) is 0 Å². The van der Waals surface area contributed by atoms with Crippen molar-refractivity contribution >= 4 is 31.9 Å². The van der Waals surface area contributed by atoms with E-state index in [1.807, 2.05) is 0 Å². The van der Waals surface area contributed by atoms with Crippen LogP contribution >= 0.6 is 31.9 Å². The maximum atomic E-state index is 8.83. The van der Waals surface area contributed by atoms with Gasteiger partial charge in [-0.1, -0.05) is 31.9 Å². The van der Waals surface area contributed by atoms with Crippen molar-refractivity contribution in [2.75, 3.05) is 6.61 Å². The summed E-state index contributed by atoms with van der Waals surface area (Å²) in [6.45, 7) is 1.45. The molecule has 0 saturated heterocycles. The summed E-state index contributed by atoms with van der Waals surface area (Å²) in [7, 11) is 0. The minimum absolute atomic E-state index is 0.134. The molecule has 0 aliphatic rings. The Bertz CT molecular complexity index is 72.4. The highest BCUT2D eigenvalue weighted by atomic mass is 79.9. The molecule has 50 valence electrons. The van der Waals surface area contributed by atoms with Gasteiger partial charge in [0.25, 0.3) is 0 Å². The topological polar surface area (TPSA) is 40.5 Å². The number of aliphatic hydroxyl groups excluding tert-OH is 2. The van der Waals surface area contributed by atoms with Crippen molar-refractivity contribution in [2.24, 2.45) is 0 Å². The quantitative estimate of drug-likeness (QED) is 0.711. The van der Waals surface area contributed by atoms with Gasteiger partial charge in [-0.05, 0) is 6.92 Å². The Morgan fingerprint density at radius 1 is 1.62 bits per heavy atom. The monoisotopic (exact) mass is 246 g/mol. The largest absolute Gasteiger partial charge is 0.394 e. The summed E-state index contributed by atoms with van der Waals surface area (Å²) in [5.41, 5.74) is 0. The van der Waals surface area contributed by atoms with E-state index < -0.39 is 9.34 Å². The molecule has 0 bridgehead atoms. The van der Waals surface area contributed by atoms with E-state index in [1.54, 1.807) is 6.92 Å². The molecule has 0 heterocycles. The molecule has 2 nitrogen and oxygen atoms in total. The van der Waals surface area contributed by atoms with Crippen LogP contribution in [0.5, 0.6) is 0 Å². The molecule has 0 aromatic rings. The highest BCUT2D eigenvalue weighted by Gasteiger charge is 2.27. The summed E-state index contributed by atoms with van der Waals surface area (Å²) in [5.74, 6) is 0. The first-order valence-corrected chi connectivity index (χ1v) is 3.76. The van der Waals surface area contributed by atoms with Gasteiger partial charge >= 0.3 is 0 Å². The first-order chi connectivity index (χ1) is 3.50. The van der Waals surface area contributed by atoms with E-state index in [0.717, 1.165) is 0 Å². The second kappa shape index (κ2) is 3.15. The molecule has 2 N–H and O–H groups in total. The van der Waals surface area contributed by atoms with Crippen LogP contribution in [0.1, 0.15) is 6.92 Å². The molecule has 0 saturated carbocycles. The molecule has 0 amide bonds. The van der Waals surface area contributed by atoms with Crippen molar-refractivity contribution in [3.63, 3.8) is 0 Å². The maximum absolute atomic E-state index is 8.83. The van der Waals surface area contributed by atoms with Gasteiger partial charge in [0.15, 0.2) is 0 Å². The molecule has 0 fully saturated rings. The number of aliphatic hydroxyl groups is 2. The normalized spacial score (nSPS) is 16.1. The van der Waals surface area contributed by atoms with Gasteiger partial charge < -0.3 is 10.2 Å². The Balaban J connectivity index is 3.71. The van der Waals surface area contributed by atoms with Crippen LogP contribution in [0.3, 0.4) is 0 Å². The Morgan fingerprint density at radius 3 is 2.00 bits per heavy atom. The minimum atomic E-state index is -0.722. The van der Waals surface area contributed by atoms with Crippen molar-refractivity contribution in [3.8, 4) is 0 Å². The summed E-state index contributed by atoms with van der Waals surface area (Å²) in [6, 6.07) is 0. The fourth-order valence-corrected chi connectivity index (χ4v) is 0.132. The van der Waals surface area contributed by atoms with Crippen LogP contribution in [0, 0.1) is 0 Å². The number of hydrogen-bond donors (Lipinski definition) is 2. The van der Waals surface area contributed by atoms with E-state index in [1.165, 1.54) is 0 Å². The number of hydrogen-bond acceptors (Lipinski definition) is 2. The van der Waals surface area contributed by atoms with E-state index >= 15 is 0 Å². The summed E-state index contributed by atoms with van der Waals surface area (Å²) < 4.78 is -0.722. The van der Waals surface area contributed by atoms with Crippen LogP contribution in [0.4, 0.5) is 0 Å². The standard InChI is InChI=1S/C4H8Br2O2/c1-3(8)4(5,6)2-7/h3,7-8H,2H2,1H3. The van der Waals surface area contributed by atoms with Gasteiger partial charge in [0, 0.05) is 0 Å². The lowest BCUT2D eigenvalue weighted by Gasteiger charge is -2.19. The fourth-order valence-electron chi connectivity index (χ4n) is 0.132. The summed E-state index contributed by atoms with van der Waals surface area (Å²) in [5, 5.41) is 17.3. The Labute approximate surface area is 65.2 Å². The molecule has 4 heteroatoms. The molecule has 1 unspecified atom stereocenters. The summed E-state index contributed by atoms with van der Waals surface area (Å²) in [6.07, 6.45) is -0.604. The van der Waals surface area contributed by atoms with E-state index in [-0.39, 0.29) is 6.61 Å². The third-order valence-electron chi connectivity index (χ3n) is 0.822. The zero-order valence-corrected chi connectivity index (χ0v) is 7.61. The Morgan fingerprint density at radius 2 is 2.00 bits per heavy atom. The van der Waals surface area contributed by atoms with Crippen molar-refractivity contribution in [1.29, 1.82) is 0 Å². The van der Waals surface area contributed by atoms with Crippen molar-refractivity contribution < 1.29 is 10.2 Å². The Kier molecular flexibility index (Phi) is 3.50. The molecular weight excluding hydrogens is 240 g/mol. The van der Waals surface area contributed by atoms with Gasteiger partial charge in [-0.3, -0.25) is 0 Å². The van der Waals surface area contributed by atoms with Gasteiger partial charge in [-0.15, -0.1) is 0 Å². The summed E-state index contributed by atoms with van der Waals surface area (Å²) in [4.78, 5) is 0. The minimum Gasteiger partial charge on any atom is -0.394 e. The van der Waals surface area contributed by atoms with Crippen molar-refractivity contribution in [2.45, 2.75) is 16.3 Å². The van der Waals surface area contributed by atoms with Crippen LogP contribution in [-0.2, 0) is 0 Å². The molecule has 0 rings (SSSR count). The predicted octanol–water partition coefficient (Wildman–Crippen LogP) is 0.846. The smallest absolute Gasteiger partial charge is 0.129 e. The van der Waals surface area contributed by atoms with Gasteiger partial charge in [0.1, 0.15) is 3.23 Å². The fraction of sp³-hybridized carbons (Fsp3) is 1.00. The van der Waals surface area contributed by atoms with E-state index in [2.05, 4.69) is 31.9 Å². The molecule has 1 atom stereocenters. The van der Waals surface area contributed by atoms with Crippen molar-refractivity contribution in [1.82, 2.24) is 0 Å². The highest BCUT2D eigenvalue weighted by Crippen LogP contribution is 2.28. The zero-order valence-electron chi connectivity index (χ0n) is 4.43. The van der Waals surface area contributed by atoms with E-state index in [0.29, 0.717) is 0 Å². The molecular formula is C4H8Br2O2. The molecule has 0 aromatic heterocycles. The second-order valence-corrected chi connectivity index (χ2v) is 5.49. The number of alkyl halides is 2. The van der Waals surface area contributed by atoms with Gasteiger partial charge in [-0.2, -0.15) is 0 Å². The third-order valence-corrected chi connectivity index (χ3v) is 2.65. The van der Waals surface area contributed by atoms with E-state index in [4.69, 9.17) is 10.2 Å². The van der Waals surface area contributed by atoms with Crippen LogP contribution in [0.15, 0.2) is 0 Å². The van der Waals surface area contributed by atoms with Crippen LogP contribution in [0.25, 0.3) is 0 Å². The molecule has 8 heavy (non-hydrogen) atoms. The molecule has 0 aliphatic heterocycles. The lowest BCUT2D eigenvalue weighted by atomic mass is 10.3. The van der Waals surface area contributed by atoms with Gasteiger partial charge in [0.2, 0.25) is 0 Å². The predicted molar refractivity (Wildman–Crippen MR) is 39.4 cm³/mol. The van der Waals surface area contributed by atoms with Crippen LogP contribution < -0.4 is 0 Å². The van der Waals surface area contributed by atoms with Gasteiger partial charge in [-0.25, -0.2) is 0 Å². The third kappa shape index (κ3) is 2.44. The average Bonchev–Trinajstić information content (AvgIpc) is 1.67. The molecule has 0 aliphatic carbocycles. The molecule has 0 aromatic carbocycles. The number of halogens is 2.